The first-order chi connectivity index (χ1) is 7.54. The standard InChI is InChI=1S/C9H14N2O5/c1-16-9(15)10-2-3-11-5-6(8(13)14)4-7(11)12/h6H,2-5H2,1H3,(H,10,15)(H,13,14). The van der Waals surface area contributed by atoms with E-state index in [1.165, 1.54) is 12.0 Å². The highest BCUT2D eigenvalue weighted by Gasteiger charge is 2.33. The van der Waals surface area contributed by atoms with Gasteiger partial charge < -0.3 is 20.1 Å². The molecule has 1 fully saturated rings. The smallest absolute Gasteiger partial charge is 0.406 e. The summed E-state index contributed by atoms with van der Waals surface area (Å²) in [6.07, 6.45) is -0.533. The van der Waals surface area contributed by atoms with Crippen LogP contribution in [0.1, 0.15) is 6.42 Å². The van der Waals surface area contributed by atoms with Gasteiger partial charge in [0.05, 0.1) is 13.0 Å². The molecule has 16 heavy (non-hydrogen) atoms. The molecule has 0 aromatic rings. The Balaban J connectivity index is 2.30. The maximum Gasteiger partial charge on any atom is 0.406 e. The van der Waals surface area contributed by atoms with Crippen LogP contribution in [0.15, 0.2) is 0 Å². The van der Waals surface area contributed by atoms with Crippen LogP contribution in [-0.4, -0.2) is 54.7 Å². The van der Waals surface area contributed by atoms with E-state index < -0.39 is 18.0 Å². The summed E-state index contributed by atoms with van der Waals surface area (Å²) in [4.78, 5) is 34.1. The number of aliphatic carboxylic acids is 1. The van der Waals surface area contributed by atoms with Crippen molar-refractivity contribution in [1.82, 2.24) is 10.2 Å². The molecular weight excluding hydrogens is 216 g/mol. The number of hydrogen-bond donors (Lipinski definition) is 2. The Morgan fingerprint density at radius 2 is 2.31 bits per heavy atom. The second-order valence-electron chi connectivity index (χ2n) is 3.50. The number of amides is 2. The van der Waals surface area contributed by atoms with Crippen LogP contribution in [0.4, 0.5) is 4.79 Å². The fourth-order valence-corrected chi connectivity index (χ4v) is 1.52. The van der Waals surface area contributed by atoms with Crippen molar-refractivity contribution in [3.05, 3.63) is 0 Å². The average Bonchev–Trinajstić information content (AvgIpc) is 2.60. The first-order valence-corrected chi connectivity index (χ1v) is 4.87. The highest BCUT2D eigenvalue weighted by molar-refractivity contribution is 5.86. The number of nitrogens with zero attached hydrogens (tertiary/aromatic N) is 1. The summed E-state index contributed by atoms with van der Waals surface area (Å²) in [6, 6.07) is 0. The topological polar surface area (TPSA) is 95.9 Å². The number of alkyl carbamates (subject to hydrolysis) is 1. The maximum absolute atomic E-state index is 11.4. The SMILES string of the molecule is COC(=O)NCCN1CC(C(=O)O)CC1=O. The lowest BCUT2D eigenvalue weighted by Crippen LogP contribution is -2.36. The Labute approximate surface area is 92.4 Å². The molecule has 90 valence electrons. The molecule has 1 heterocycles. The second kappa shape index (κ2) is 5.34. The van der Waals surface area contributed by atoms with Crippen molar-refractivity contribution < 1.29 is 24.2 Å². The van der Waals surface area contributed by atoms with Crippen LogP contribution in [0.25, 0.3) is 0 Å². The van der Waals surface area contributed by atoms with Crippen LogP contribution >= 0.6 is 0 Å². The second-order valence-corrected chi connectivity index (χ2v) is 3.50. The van der Waals surface area contributed by atoms with E-state index in [2.05, 4.69) is 10.1 Å². The summed E-state index contributed by atoms with van der Waals surface area (Å²) in [5.41, 5.74) is 0. The monoisotopic (exact) mass is 230 g/mol. The van der Waals surface area contributed by atoms with Gasteiger partial charge in [-0.3, -0.25) is 9.59 Å². The molecule has 1 unspecified atom stereocenters. The Hall–Kier alpha value is -1.79. The third kappa shape index (κ3) is 3.11. The van der Waals surface area contributed by atoms with Gasteiger partial charge in [0.2, 0.25) is 5.91 Å². The van der Waals surface area contributed by atoms with Gasteiger partial charge in [0.1, 0.15) is 0 Å². The van der Waals surface area contributed by atoms with Crippen LogP contribution in [0.2, 0.25) is 0 Å². The summed E-state index contributed by atoms with van der Waals surface area (Å²) < 4.78 is 4.35. The Morgan fingerprint density at radius 1 is 1.62 bits per heavy atom. The number of hydrogen-bond acceptors (Lipinski definition) is 4. The highest BCUT2D eigenvalue weighted by atomic mass is 16.5. The zero-order valence-corrected chi connectivity index (χ0v) is 8.93. The van der Waals surface area contributed by atoms with Crippen molar-refractivity contribution in [1.29, 1.82) is 0 Å². The predicted molar refractivity (Wildman–Crippen MR) is 52.7 cm³/mol. The quantitative estimate of drug-likeness (QED) is 0.664. The molecule has 0 spiro atoms. The lowest BCUT2D eigenvalue weighted by Gasteiger charge is -2.15. The largest absolute Gasteiger partial charge is 0.481 e. The van der Waals surface area contributed by atoms with Crippen LogP contribution in [0, 0.1) is 5.92 Å². The van der Waals surface area contributed by atoms with Crippen LogP contribution in [0.5, 0.6) is 0 Å². The molecule has 7 nitrogen and oxygen atoms in total. The van der Waals surface area contributed by atoms with E-state index >= 15 is 0 Å². The number of nitrogens with one attached hydrogen (secondary N) is 1. The lowest BCUT2D eigenvalue weighted by molar-refractivity contribution is -0.141. The third-order valence-electron chi connectivity index (χ3n) is 2.40. The molecular formula is C9H14N2O5. The van der Waals surface area contributed by atoms with Crippen LogP contribution in [-0.2, 0) is 14.3 Å². The minimum Gasteiger partial charge on any atom is -0.481 e. The van der Waals surface area contributed by atoms with Gasteiger partial charge in [-0.1, -0.05) is 0 Å². The normalized spacial score (nSPS) is 19.7. The molecule has 7 heteroatoms. The molecule has 1 atom stereocenters. The molecule has 1 rings (SSSR count). The van der Waals surface area contributed by atoms with Crippen LogP contribution < -0.4 is 5.32 Å². The highest BCUT2D eigenvalue weighted by Crippen LogP contribution is 2.16. The van der Waals surface area contributed by atoms with Crippen molar-refractivity contribution >= 4 is 18.0 Å². The van der Waals surface area contributed by atoms with Crippen molar-refractivity contribution in [2.45, 2.75) is 6.42 Å². The number of carboxylic acid groups (broad SMARTS) is 1. The molecule has 0 bridgehead atoms. The average molecular weight is 230 g/mol. The Morgan fingerprint density at radius 3 is 2.81 bits per heavy atom. The van der Waals surface area contributed by atoms with E-state index in [-0.39, 0.29) is 25.4 Å². The van der Waals surface area contributed by atoms with Crippen molar-refractivity contribution in [2.75, 3.05) is 26.7 Å². The third-order valence-corrected chi connectivity index (χ3v) is 2.40. The summed E-state index contributed by atoms with van der Waals surface area (Å²) in [6.45, 7) is 0.763. The van der Waals surface area contributed by atoms with Gasteiger partial charge >= 0.3 is 12.1 Å². The van der Waals surface area contributed by atoms with Crippen LogP contribution in [0.3, 0.4) is 0 Å². The minimum absolute atomic E-state index is 0.0353. The number of likely N-dealkylation sites (tertiary alicyclic amines) is 1. The summed E-state index contributed by atoms with van der Waals surface area (Å²) >= 11 is 0. The van der Waals surface area contributed by atoms with E-state index in [1.807, 2.05) is 0 Å². The number of rotatable bonds is 4. The molecule has 1 aliphatic heterocycles. The van der Waals surface area contributed by atoms with Crippen molar-refractivity contribution in [3.63, 3.8) is 0 Å². The van der Waals surface area contributed by atoms with E-state index in [9.17, 15) is 14.4 Å². The number of ether oxygens (including phenoxy) is 1. The first-order valence-electron chi connectivity index (χ1n) is 4.87. The zero-order chi connectivity index (χ0) is 12.1. The van der Waals surface area contributed by atoms with E-state index in [1.54, 1.807) is 0 Å². The van der Waals surface area contributed by atoms with Gasteiger partial charge in [-0.2, -0.15) is 0 Å². The van der Waals surface area contributed by atoms with E-state index in [4.69, 9.17) is 5.11 Å². The Kier molecular flexibility index (Phi) is 4.10. The lowest BCUT2D eigenvalue weighted by atomic mass is 10.1. The summed E-state index contributed by atoms with van der Waals surface area (Å²) in [5, 5.41) is 11.2. The molecule has 0 radical (unpaired) electrons. The summed E-state index contributed by atoms with van der Waals surface area (Å²) in [7, 11) is 1.25. The Bertz CT molecular complexity index is 304. The molecule has 1 saturated heterocycles. The number of carbonyl (C=O) groups is 3. The summed E-state index contributed by atoms with van der Waals surface area (Å²) in [5.74, 6) is -1.79. The number of carbonyl (C=O) groups excluding carboxylic acids is 2. The predicted octanol–water partition coefficient (Wildman–Crippen LogP) is -0.724. The van der Waals surface area contributed by atoms with Gasteiger partial charge in [0.15, 0.2) is 0 Å². The molecule has 1 aliphatic rings. The zero-order valence-electron chi connectivity index (χ0n) is 8.93. The minimum atomic E-state index is -0.961. The van der Waals surface area contributed by atoms with Gasteiger partial charge in [-0.05, 0) is 0 Å². The van der Waals surface area contributed by atoms with Gasteiger partial charge in [0, 0.05) is 26.1 Å². The van der Waals surface area contributed by atoms with Gasteiger partial charge in [-0.25, -0.2) is 4.79 Å². The molecule has 0 saturated carbocycles. The van der Waals surface area contributed by atoms with Crippen molar-refractivity contribution in [3.8, 4) is 0 Å². The van der Waals surface area contributed by atoms with Gasteiger partial charge in [0.25, 0.3) is 0 Å². The number of carboxylic acids is 1. The van der Waals surface area contributed by atoms with E-state index in [0.29, 0.717) is 6.54 Å². The molecule has 0 aromatic heterocycles. The maximum atomic E-state index is 11.4. The molecule has 0 aromatic carbocycles. The molecule has 2 amide bonds. The number of methoxy groups -OCH3 is 1. The fraction of sp³-hybridized carbons (Fsp3) is 0.667. The first kappa shape index (κ1) is 12.3. The van der Waals surface area contributed by atoms with E-state index in [0.717, 1.165) is 0 Å². The molecule has 2 N–H and O–H groups in total. The van der Waals surface area contributed by atoms with Gasteiger partial charge in [-0.15, -0.1) is 0 Å². The molecule has 0 aliphatic carbocycles. The fourth-order valence-electron chi connectivity index (χ4n) is 1.52. The van der Waals surface area contributed by atoms with Crippen molar-refractivity contribution in [2.24, 2.45) is 5.92 Å².